The van der Waals surface area contributed by atoms with E-state index in [2.05, 4.69) is 0 Å². The zero-order valence-corrected chi connectivity index (χ0v) is 19.2. The minimum absolute atomic E-state index is 0.0830. The van der Waals surface area contributed by atoms with Crippen LogP contribution in [0.1, 0.15) is 46.4 Å². The van der Waals surface area contributed by atoms with Gasteiger partial charge in [-0.25, -0.2) is 5.01 Å². The van der Waals surface area contributed by atoms with E-state index in [1.807, 2.05) is 0 Å². The minimum atomic E-state index is -0.714. The van der Waals surface area contributed by atoms with Crippen molar-refractivity contribution in [3.8, 4) is 0 Å². The summed E-state index contributed by atoms with van der Waals surface area (Å²) in [5.41, 5.74) is 0.212. The number of Topliss-reactive ketones (excluding diaryl/α,β-unsaturated/α-hetero) is 1. The highest BCUT2D eigenvalue weighted by Crippen LogP contribution is 2.39. The predicted octanol–water partition coefficient (Wildman–Crippen LogP) is 5.06. The van der Waals surface area contributed by atoms with Gasteiger partial charge in [-0.3, -0.25) is 19.2 Å². The third kappa shape index (κ3) is 4.15. The molecule has 2 aromatic rings. The van der Waals surface area contributed by atoms with E-state index >= 15 is 0 Å². The van der Waals surface area contributed by atoms with Crippen LogP contribution in [0.25, 0.3) is 0 Å². The van der Waals surface area contributed by atoms with Gasteiger partial charge in [-0.2, -0.15) is 5.01 Å². The first-order valence-electron chi connectivity index (χ1n) is 10.2. The van der Waals surface area contributed by atoms with Crippen molar-refractivity contribution in [2.24, 2.45) is 11.8 Å². The smallest absolute Gasteiger partial charge is 0.274 e. The van der Waals surface area contributed by atoms with E-state index in [1.165, 1.54) is 30.3 Å². The number of hydrogen-bond donors (Lipinski definition) is 0. The Morgan fingerprint density at radius 2 is 1.50 bits per heavy atom. The lowest BCUT2D eigenvalue weighted by Gasteiger charge is -2.30. The van der Waals surface area contributed by atoms with Crippen LogP contribution in [0.3, 0.4) is 0 Å². The Bertz CT molecular complexity index is 1100. The quantitative estimate of drug-likeness (QED) is 0.431. The van der Waals surface area contributed by atoms with Gasteiger partial charge in [0, 0.05) is 10.6 Å². The summed E-state index contributed by atoms with van der Waals surface area (Å²) in [5.74, 6) is -3.14. The van der Waals surface area contributed by atoms with Crippen molar-refractivity contribution in [1.29, 1.82) is 0 Å². The highest BCUT2D eigenvalue weighted by Gasteiger charge is 2.52. The Balaban J connectivity index is 1.72. The number of hydrazine groups is 1. The molecule has 2 fully saturated rings. The van der Waals surface area contributed by atoms with Crippen molar-refractivity contribution in [2.45, 2.75) is 25.7 Å². The monoisotopic (exact) mass is 492 g/mol. The minimum Gasteiger partial charge on any atom is -0.292 e. The molecule has 2 atom stereocenters. The van der Waals surface area contributed by atoms with Crippen molar-refractivity contribution in [3.05, 3.63) is 68.7 Å². The molecule has 1 heterocycles. The largest absolute Gasteiger partial charge is 0.292 e. The molecule has 0 spiro atoms. The fourth-order valence-corrected chi connectivity index (χ4v) is 5.06. The molecule has 2 aromatic carbocycles. The summed E-state index contributed by atoms with van der Waals surface area (Å²) in [6.45, 7) is -0.553. The standard InChI is InChI=1S/C23H19Cl3N2O4/c24-13-9-10-16(19(26)11-13)20(29)12-27(21(30)17-7-3-4-8-18(17)25)28-22(31)14-5-1-2-6-15(14)23(28)32/h3-4,7-11,14-15H,1-2,5-6,12H2/t14-,15-/m0/s1. The van der Waals surface area contributed by atoms with E-state index in [1.54, 1.807) is 12.1 Å². The van der Waals surface area contributed by atoms with Crippen molar-refractivity contribution in [3.63, 3.8) is 0 Å². The summed E-state index contributed by atoms with van der Waals surface area (Å²) in [5, 5.41) is 2.35. The highest BCUT2D eigenvalue weighted by molar-refractivity contribution is 6.37. The fourth-order valence-electron chi connectivity index (χ4n) is 4.33. The number of nitrogens with zero attached hydrogens (tertiary/aromatic N) is 2. The molecule has 0 N–H and O–H groups in total. The number of ketones is 1. The van der Waals surface area contributed by atoms with E-state index in [0.717, 1.165) is 22.9 Å². The molecule has 0 aromatic heterocycles. The van der Waals surface area contributed by atoms with Crippen LogP contribution in [0, 0.1) is 11.8 Å². The van der Waals surface area contributed by atoms with Gasteiger partial charge in [-0.1, -0.05) is 59.8 Å². The second-order valence-corrected chi connectivity index (χ2v) is 9.13. The predicted molar refractivity (Wildman–Crippen MR) is 121 cm³/mol. The first-order chi connectivity index (χ1) is 15.3. The van der Waals surface area contributed by atoms with Gasteiger partial charge in [0.2, 0.25) is 0 Å². The molecule has 1 saturated carbocycles. The lowest BCUT2D eigenvalue weighted by molar-refractivity contribution is -0.154. The van der Waals surface area contributed by atoms with Crippen molar-refractivity contribution >= 4 is 58.3 Å². The van der Waals surface area contributed by atoms with Crippen LogP contribution in [0.15, 0.2) is 42.5 Å². The average molecular weight is 494 g/mol. The Hall–Kier alpha value is -2.41. The van der Waals surface area contributed by atoms with Gasteiger partial charge in [0.05, 0.1) is 27.4 Å². The number of fused-ring (bicyclic) bond motifs is 1. The molecule has 0 radical (unpaired) electrons. The fraction of sp³-hybridized carbons (Fsp3) is 0.304. The van der Waals surface area contributed by atoms with Crippen molar-refractivity contribution < 1.29 is 19.2 Å². The van der Waals surface area contributed by atoms with E-state index in [9.17, 15) is 19.2 Å². The summed E-state index contributed by atoms with van der Waals surface area (Å²) < 4.78 is 0. The van der Waals surface area contributed by atoms with Gasteiger partial charge in [0.15, 0.2) is 5.78 Å². The SMILES string of the molecule is O=C(CN(C(=O)c1ccccc1Cl)N1C(=O)[C@H]2CCCC[C@@H]2C1=O)c1ccc(Cl)cc1Cl. The second kappa shape index (κ2) is 9.22. The van der Waals surface area contributed by atoms with Crippen molar-refractivity contribution in [1.82, 2.24) is 10.0 Å². The van der Waals surface area contributed by atoms with Gasteiger partial charge in [-0.05, 0) is 43.2 Å². The van der Waals surface area contributed by atoms with Gasteiger partial charge in [0.25, 0.3) is 17.7 Å². The van der Waals surface area contributed by atoms with E-state index in [-0.39, 0.29) is 21.2 Å². The van der Waals surface area contributed by atoms with Crippen LogP contribution in [0.5, 0.6) is 0 Å². The number of benzene rings is 2. The van der Waals surface area contributed by atoms with Crippen LogP contribution >= 0.6 is 34.8 Å². The molecule has 0 bridgehead atoms. The van der Waals surface area contributed by atoms with Crippen LogP contribution in [0.2, 0.25) is 15.1 Å². The molecule has 2 aliphatic rings. The summed E-state index contributed by atoms with van der Waals surface area (Å²) in [6.07, 6.45) is 2.84. The molecular weight excluding hydrogens is 475 g/mol. The lowest BCUT2D eigenvalue weighted by Crippen LogP contribution is -2.52. The maximum atomic E-state index is 13.4. The Kier molecular flexibility index (Phi) is 6.56. The third-order valence-electron chi connectivity index (χ3n) is 5.92. The molecule has 0 unspecified atom stereocenters. The topological polar surface area (TPSA) is 74.8 Å². The number of amides is 3. The first kappa shape index (κ1) is 22.8. The van der Waals surface area contributed by atoms with E-state index < -0.39 is 41.9 Å². The van der Waals surface area contributed by atoms with Gasteiger partial charge in [0.1, 0.15) is 6.54 Å². The number of carbonyl (C=O) groups is 4. The number of rotatable bonds is 5. The van der Waals surface area contributed by atoms with Crippen LogP contribution in [-0.4, -0.2) is 40.1 Å². The van der Waals surface area contributed by atoms with Crippen LogP contribution in [0.4, 0.5) is 0 Å². The summed E-state index contributed by atoms with van der Waals surface area (Å²) >= 11 is 18.3. The molecule has 32 heavy (non-hydrogen) atoms. The zero-order valence-electron chi connectivity index (χ0n) is 16.9. The second-order valence-electron chi connectivity index (χ2n) is 7.88. The lowest BCUT2D eigenvalue weighted by atomic mass is 9.81. The normalized spacial score (nSPS) is 20.3. The molecule has 1 aliphatic carbocycles. The molecule has 4 rings (SSSR count). The molecule has 1 aliphatic heterocycles. The molecule has 3 amide bonds. The molecule has 6 nitrogen and oxygen atoms in total. The third-order valence-corrected chi connectivity index (χ3v) is 6.80. The van der Waals surface area contributed by atoms with E-state index in [4.69, 9.17) is 34.8 Å². The number of halogens is 3. The van der Waals surface area contributed by atoms with Crippen molar-refractivity contribution in [2.75, 3.05) is 6.54 Å². The zero-order chi connectivity index (χ0) is 23.0. The van der Waals surface area contributed by atoms with Gasteiger partial charge >= 0.3 is 0 Å². The van der Waals surface area contributed by atoms with Crippen LogP contribution in [-0.2, 0) is 9.59 Å². The molecule has 1 saturated heterocycles. The van der Waals surface area contributed by atoms with E-state index in [0.29, 0.717) is 17.9 Å². The Morgan fingerprint density at radius 1 is 0.875 bits per heavy atom. The summed E-state index contributed by atoms with van der Waals surface area (Å²) in [4.78, 5) is 52.9. The number of hydrogen-bond acceptors (Lipinski definition) is 4. The number of imide groups is 1. The Labute approximate surface area is 200 Å². The van der Waals surface area contributed by atoms with Gasteiger partial charge < -0.3 is 0 Å². The average Bonchev–Trinajstić information content (AvgIpc) is 3.02. The maximum Gasteiger partial charge on any atom is 0.274 e. The van der Waals surface area contributed by atoms with Crippen LogP contribution < -0.4 is 0 Å². The summed E-state index contributed by atoms with van der Waals surface area (Å²) in [6, 6.07) is 10.6. The summed E-state index contributed by atoms with van der Waals surface area (Å²) in [7, 11) is 0. The Morgan fingerprint density at radius 3 is 2.09 bits per heavy atom. The maximum absolute atomic E-state index is 13.4. The highest BCUT2D eigenvalue weighted by atomic mass is 35.5. The first-order valence-corrected chi connectivity index (χ1v) is 11.4. The van der Waals surface area contributed by atoms with Gasteiger partial charge in [-0.15, -0.1) is 0 Å². The number of carbonyl (C=O) groups excluding carboxylic acids is 4. The molecule has 166 valence electrons. The molecular formula is C23H19Cl3N2O4. The molecule has 9 heteroatoms.